The average Bonchev–Trinajstić information content (AvgIpc) is 2.26. The molecule has 1 aromatic rings. The molecular formula is C10H12F2N2O2. The minimum atomic E-state index is -2.73. The van der Waals surface area contributed by atoms with E-state index in [2.05, 4.69) is 9.72 Å². The molecule has 0 saturated carbocycles. The van der Waals surface area contributed by atoms with E-state index >= 15 is 0 Å². The van der Waals surface area contributed by atoms with Crippen LogP contribution in [0, 0.1) is 6.92 Å². The van der Waals surface area contributed by atoms with E-state index in [0.717, 1.165) is 0 Å². The standard InChI is InChI=1S/C10H12F2N2O2/c1-5-7(10(15)16-2)6(3-13)4-14-8(5)9(11)12/h4,9H,3,13H2,1-2H3. The number of hydrogen-bond acceptors (Lipinski definition) is 4. The quantitative estimate of drug-likeness (QED) is 0.800. The van der Waals surface area contributed by atoms with Crippen LogP contribution >= 0.6 is 0 Å². The lowest BCUT2D eigenvalue weighted by molar-refractivity contribution is 0.0597. The molecule has 4 nitrogen and oxygen atoms in total. The molecule has 0 aromatic carbocycles. The number of pyridine rings is 1. The molecule has 1 rings (SSSR count). The van der Waals surface area contributed by atoms with E-state index in [-0.39, 0.29) is 17.7 Å². The van der Waals surface area contributed by atoms with Gasteiger partial charge >= 0.3 is 5.97 Å². The number of methoxy groups -OCH3 is 1. The largest absolute Gasteiger partial charge is 0.465 e. The zero-order valence-corrected chi connectivity index (χ0v) is 8.96. The highest BCUT2D eigenvalue weighted by Gasteiger charge is 2.21. The third kappa shape index (κ3) is 2.16. The van der Waals surface area contributed by atoms with E-state index in [1.165, 1.54) is 20.2 Å². The first-order valence-corrected chi connectivity index (χ1v) is 4.57. The summed E-state index contributed by atoms with van der Waals surface area (Å²) >= 11 is 0. The Morgan fingerprint density at radius 1 is 1.62 bits per heavy atom. The van der Waals surface area contributed by atoms with Gasteiger partial charge in [0.1, 0.15) is 5.69 Å². The summed E-state index contributed by atoms with van der Waals surface area (Å²) in [7, 11) is 1.19. The van der Waals surface area contributed by atoms with E-state index in [9.17, 15) is 13.6 Å². The van der Waals surface area contributed by atoms with Crippen LogP contribution in [0.4, 0.5) is 8.78 Å². The van der Waals surface area contributed by atoms with Gasteiger partial charge in [-0.25, -0.2) is 13.6 Å². The van der Waals surface area contributed by atoms with Crippen LogP contribution in [0.1, 0.15) is 33.6 Å². The van der Waals surface area contributed by atoms with Crippen LogP contribution in [0.5, 0.6) is 0 Å². The summed E-state index contributed by atoms with van der Waals surface area (Å²) in [5.74, 6) is -0.678. The van der Waals surface area contributed by atoms with Crippen molar-refractivity contribution in [2.75, 3.05) is 7.11 Å². The summed E-state index contributed by atoms with van der Waals surface area (Å²) in [4.78, 5) is 15.0. The lowest BCUT2D eigenvalue weighted by atomic mass is 10.0. The number of hydrogen-bond donors (Lipinski definition) is 1. The van der Waals surface area contributed by atoms with E-state index in [4.69, 9.17) is 5.73 Å². The van der Waals surface area contributed by atoms with Crippen LogP contribution in [0.3, 0.4) is 0 Å². The number of esters is 1. The van der Waals surface area contributed by atoms with Crippen LogP contribution in [-0.2, 0) is 11.3 Å². The van der Waals surface area contributed by atoms with Gasteiger partial charge in [-0.05, 0) is 18.1 Å². The second-order valence-corrected chi connectivity index (χ2v) is 3.17. The molecule has 6 heteroatoms. The Bertz CT molecular complexity index is 408. The molecule has 0 aliphatic carbocycles. The molecule has 0 aliphatic rings. The zero-order valence-electron chi connectivity index (χ0n) is 8.96. The lowest BCUT2D eigenvalue weighted by Gasteiger charge is -2.12. The van der Waals surface area contributed by atoms with Crippen molar-refractivity contribution >= 4 is 5.97 Å². The molecule has 88 valence electrons. The molecule has 16 heavy (non-hydrogen) atoms. The first kappa shape index (κ1) is 12.5. The van der Waals surface area contributed by atoms with Crippen LogP contribution in [0.2, 0.25) is 0 Å². The highest BCUT2D eigenvalue weighted by atomic mass is 19.3. The molecule has 0 amide bonds. The fraction of sp³-hybridized carbons (Fsp3) is 0.400. The predicted molar refractivity (Wildman–Crippen MR) is 53.2 cm³/mol. The monoisotopic (exact) mass is 230 g/mol. The van der Waals surface area contributed by atoms with E-state index < -0.39 is 18.1 Å². The molecular weight excluding hydrogens is 218 g/mol. The van der Waals surface area contributed by atoms with Crippen LogP contribution < -0.4 is 5.73 Å². The van der Waals surface area contributed by atoms with Gasteiger partial charge in [-0.1, -0.05) is 0 Å². The number of ether oxygens (including phenoxy) is 1. The highest BCUT2D eigenvalue weighted by molar-refractivity contribution is 5.92. The van der Waals surface area contributed by atoms with Gasteiger partial charge < -0.3 is 10.5 Å². The Morgan fingerprint density at radius 2 is 2.25 bits per heavy atom. The van der Waals surface area contributed by atoms with Gasteiger partial charge in [-0.2, -0.15) is 0 Å². The Hall–Kier alpha value is -1.56. The fourth-order valence-electron chi connectivity index (χ4n) is 1.44. The molecule has 0 unspecified atom stereocenters. The Labute approximate surface area is 91.4 Å². The highest BCUT2D eigenvalue weighted by Crippen LogP contribution is 2.25. The molecule has 0 saturated heterocycles. The van der Waals surface area contributed by atoms with Crippen molar-refractivity contribution in [2.24, 2.45) is 5.73 Å². The normalized spacial score (nSPS) is 10.6. The van der Waals surface area contributed by atoms with Crippen molar-refractivity contribution in [1.29, 1.82) is 0 Å². The maximum Gasteiger partial charge on any atom is 0.338 e. The fourth-order valence-corrected chi connectivity index (χ4v) is 1.44. The smallest absolute Gasteiger partial charge is 0.338 e. The topological polar surface area (TPSA) is 65.2 Å². The maximum atomic E-state index is 12.6. The summed E-state index contributed by atoms with van der Waals surface area (Å²) in [6, 6.07) is 0. The van der Waals surface area contributed by atoms with E-state index in [0.29, 0.717) is 5.56 Å². The first-order valence-electron chi connectivity index (χ1n) is 4.57. The molecule has 1 heterocycles. The third-order valence-corrected chi connectivity index (χ3v) is 2.26. The van der Waals surface area contributed by atoms with Crippen molar-refractivity contribution in [3.05, 3.63) is 28.6 Å². The summed E-state index contributed by atoms with van der Waals surface area (Å²) in [6.07, 6.45) is -1.55. The number of alkyl halides is 2. The summed E-state index contributed by atoms with van der Waals surface area (Å²) in [6.45, 7) is 1.45. The summed E-state index contributed by atoms with van der Waals surface area (Å²) < 4.78 is 29.7. The van der Waals surface area contributed by atoms with Crippen molar-refractivity contribution < 1.29 is 18.3 Å². The predicted octanol–water partition coefficient (Wildman–Crippen LogP) is 1.57. The molecule has 1 aromatic heterocycles. The molecule has 0 atom stereocenters. The Kier molecular flexibility index (Phi) is 3.89. The minimum Gasteiger partial charge on any atom is -0.465 e. The zero-order chi connectivity index (χ0) is 12.3. The maximum absolute atomic E-state index is 12.6. The molecule has 0 bridgehead atoms. The molecule has 0 radical (unpaired) electrons. The van der Waals surface area contributed by atoms with Gasteiger partial charge in [0.2, 0.25) is 0 Å². The second-order valence-electron chi connectivity index (χ2n) is 3.17. The van der Waals surface area contributed by atoms with E-state index in [1.807, 2.05) is 0 Å². The van der Waals surface area contributed by atoms with Crippen LogP contribution in [-0.4, -0.2) is 18.1 Å². The van der Waals surface area contributed by atoms with Gasteiger partial charge in [0, 0.05) is 12.7 Å². The lowest BCUT2D eigenvalue weighted by Crippen LogP contribution is -2.14. The minimum absolute atomic E-state index is 0.0434. The summed E-state index contributed by atoms with van der Waals surface area (Å²) in [5.41, 5.74) is 5.58. The van der Waals surface area contributed by atoms with Crippen molar-refractivity contribution in [3.8, 4) is 0 Å². The van der Waals surface area contributed by atoms with Crippen LogP contribution in [0.15, 0.2) is 6.20 Å². The van der Waals surface area contributed by atoms with Crippen LogP contribution in [0.25, 0.3) is 0 Å². The molecule has 2 N–H and O–H groups in total. The van der Waals surface area contributed by atoms with Gasteiger partial charge in [0.25, 0.3) is 6.43 Å². The average molecular weight is 230 g/mol. The molecule has 0 aliphatic heterocycles. The number of carbonyl (C=O) groups is 1. The van der Waals surface area contributed by atoms with Crippen molar-refractivity contribution in [3.63, 3.8) is 0 Å². The number of rotatable bonds is 3. The third-order valence-electron chi connectivity index (χ3n) is 2.26. The summed E-state index contributed by atoms with van der Waals surface area (Å²) in [5, 5.41) is 0. The van der Waals surface area contributed by atoms with E-state index in [1.54, 1.807) is 0 Å². The number of nitrogens with two attached hydrogens (primary N) is 1. The van der Waals surface area contributed by atoms with Gasteiger partial charge in [0.05, 0.1) is 12.7 Å². The number of aromatic nitrogens is 1. The molecule has 0 fully saturated rings. The van der Waals surface area contributed by atoms with Crippen molar-refractivity contribution in [1.82, 2.24) is 4.98 Å². The SMILES string of the molecule is COC(=O)c1c(CN)cnc(C(F)F)c1C. The first-order chi connectivity index (χ1) is 7.52. The van der Waals surface area contributed by atoms with Gasteiger partial charge in [-0.3, -0.25) is 4.98 Å². The Balaban J connectivity index is 3.40. The van der Waals surface area contributed by atoms with Crippen molar-refractivity contribution in [2.45, 2.75) is 19.9 Å². The number of carbonyl (C=O) groups excluding carboxylic acids is 1. The second kappa shape index (κ2) is 4.98. The molecule has 0 spiro atoms. The number of halogens is 2. The van der Waals surface area contributed by atoms with Gasteiger partial charge in [0.15, 0.2) is 0 Å². The number of nitrogens with zero attached hydrogens (tertiary/aromatic N) is 1. The van der Waals surface area contributed by atoms with Gasteiger partial charge in [-0.15, -0.1) is 0 Å². The Morgan fingerprint density at radius 3 is 2.69 bits per heavy atom.